The van der Waals surface area contributed by atoms with E-state index in [1.165, 1.54) is 6.07 Å². The van der Waals surface area contributed by atoms with E-state index < -0.39 is 16.7 Å². The smallest absolute Gasteiger partial charge is 0.395 e. The summed E-state index contributed by atoms with van der Waals surface area (Å²) in [7, 11) is 0. The lowest BCUT2D eigenvalue weighted by Crippen LogP contribution is -2.36. The predicted octanol–water partition coefficient (Wildman–Crippen LogP) is 0.689. The lowest BCUT2D eigenvalue weighted by atomic mass is 10.2. The number of rotatable bonds is 5. The van der Waals surface area contributed by atoms with Crippen LogP contribution in [0.3, 0.4) is 0 Å². The molecule has 0 radical (unpaired) electrons. The number of nitrogens with zero attached hydrogens (tertiary/aromatic N) is 1. The quantitative estimate of drug-likeness (QED) is 0.569. The Morgan fingerprint density at radius 1 is 1.69 bits per heavy atom. The highest BCUT2D eigenvalue weighted by atomic mass is 16.6. The van der Waals surface area contributed by atoms with Crippen LogP contribution in [0.4, 0.5) is 5.88 Å². The second kappa shape index (κ2) is 5.26. The first kappa shape index (κ1) is 12.2. The number of hydrogen-bond acceptors (Lipinski definition) is 5. The van der Waals surface area contributed by atoms with Crippen molar-refractivity contribution in [3.8, 4) is 0 Å². The molecule has 7 nitrogen and oxygen atoms in total. The monoisotopic (exact) mass is 228 g/mol. The second-order valence-corrected chi connectivity index (χ2v) is 3.16. The molecule has 1 heterocycles. The fraction of sp³-hybridized carbons (Fsp3) is 0.444. The molecule has 88 valence electrons. The molecule has 0 saturated carbocycles. The van der Waals surface area contributed by atoms with Gasteiger partial charge in [0.05, 0.1) is 18.7 Å². The van der Waals surface area contributed by atoms with Crippen molar-refractivity contribution < 1.29 is 19.2 Å². The molecular weight excluding hydrogens is 216 g/mol. The van der Waals surface area contributed by atoms with Crippen molar-refractivity contribution in [3.05, 3.63) is 28.0 Å². The second-order valence-electron chi connectivity index (χ2n) is 3.16. The van der Waals surface area contributed by atoms with E-state index in [4.69, 9.17) is 9.52 Å². The minimum absolute atomic E-state index is 0.140. The maximum atomic E-state index is 11.5. The summed E-state index contributed by atoms with van der Waals surface area (Å²) in [5, 5.41) is 21.7. The van der Waals surface area contributed by atoms with Gasteiger partial charge in [0.25, 0.3) is 5.91 Å². The van der Waals surface area contributed by atoms with Crippen LogP contribution in [0.1, 0.15) is 23.9 Å². The molecule has 7 heteroatoms. The Labute approximate surface area is 91.2 Å². The van der Waals surface area contributed by atoms with Crippen molar-refractivity contribution in [2.45, 2.75) is 19.4 Å². The van der Waals surface area contributed by atoms with Crippen LogP contribution >= 0.6 is 0 Å². The molecule has 0 bridgehead atoms. The molecule has 1 atom stereocenters. The van der Waals surface area contributed by atoms with E-state index in [1.54, 1.807) is 6.92 Å². The summed E-state index contributed by atoms with van der Waals surface area (Å²) in [4.78, 5) is 21.1. The fourth-order valence-corrected chi connectivity index (χ4v) is 1.08. The van der Waals surface area contributed by atoms with Crippen LogP contribution in [-0.4, -0.2) is 28.6 Å². The molecule has 1 aromatic rings. The van der Waals surface area contributed by atoms with Crippen molar-refractivity contribution in [1.29, 1.82) is 0 Å². The van der Waals surface area contributed by atoms with Crippen LogP contribution in [0.5, 0.6) is 0 Å². The van der Waals surface area contributed by atoms with Gasteiger partial charge in [-0.25, -0.2) is 0 Å². The van der Waals surface area contributed by atoms with Gasteiger partial charge in [-0.3, -0.25) is 14.9 Å². The Kier molecular flexibility index (Phi) is 4.01. The van der Waals surface area contributed by atoms with E-state index in [0.29, 0.717) is 6.42 Å². The lowest BCUT2D eigenvalue weighted by molar-refractivity contribution is -0.402. The zero-order valence-corrected chi connectivity index (χ0v) is 8.67. The number of amides is 1. The van der Waals surface area contributed by atoms with Crippen LogP contribution in [0.15, 0.2) is 16.5 Å². The van der Waals surface area contributed by atoms with Gasteiger partial charge in [0, 0.05) is 0 Å². The van der Waals surface area contributed by atoms with Crippen LogP contribution in [0.25, 0.3) is 0 Å². The van der Waals surface area contributed by atoms with Crippen LogP contribution in [-0.2, 0) is 0 Å². The number of aliphatic hydroxyl groups is 1. The average Bonchev–Trinajstić information content (AvgIpc) is 2.74. The van der Waals surface area contributed by atoms with E-state index in [0.717, 1.165) is 6.07 Å². The summed E-state index contributed by atoms with van der Waals surface area (Å²) in [5.74, 6) is -1.20. The number of aliphatic hydroxyl groups excluding tert-OH is 1. The Bertz CT molecular complexity index is 383. The minimum Gasteiger partial charge on any atom is -0.395 e. The molecule has 0 aromatic carbocycles. The molecule has 0 aliphatic carbocycles. The Balaban J connectivity index is 2.69. The summed E-state index contributed by atoms with van der Waals surface area (Å²) in [6.07, 6.45) is 0.561. The van der Waals surface area contributed by atoms with E-state index in [-0.39, 0.29) is 18.4 Å². The van der Waals surface area contributed by atoms with Crippen molar-refractivity contribution in [2.75, 3.05) is 6.61 Å². The topological polar surface area (TPSA) is 106 Å². The molecule has 0 spiro atoms. The predicted molar refractivity (Wildman–Crippen MR) is 54.0 cm³/mol. The van der Waals surface area contributed by atoms with Crippen LogP contribution < -0.4 is 5.32 Å². The maximum Gasteiger partial charge on any atom is 0.433 e. The molecule has 0 fully saturated rings. The van der Waals surface area contributed by atoms with E-state index in [9.17, 15) is 14.9 Å². The SMILES string of the molecule is CCC(CO)NC(=O)c1ccc([N+](=O)[O-])o1. The Morgan fingerprint density at radius 3 is 2.81 bits per heavy atom. The third-order valence-electron chi connectivity index (χ3n) is 2.04. The highest BCUT2D eigenvalue weighted by molar-refractivity contribution is 5.91. The third kappa shape index (κ3) is 2.80. The largest absolute Gasteiger partial charge is 0.433 e. The van der Waals surface area contributed by atoms with Gasteiger partial charge in [0.2, 0.25) is 0 Å². The summed E-state index contributed by atoms with van der Waals surface area (Å²) in [6.45, 7) is 1.61. The van der Waals surface area contributed by atoms with Gasteiger partial charge in [0.15, 0.2) is 5.76 Å². The molecule has 0 aliphatic rings. The molecule has 2 N–H and O–H groups in total. The summed E-state index contributed by atoms with van der Waals surface area (Å²) < 4.78 is 4.70. The fourth-order valence-electron chi connectivity index (χ4n) is 1.08. The highest BCUT2D eigenvalue weighted by Gasteiger charge is 2.18. The average molecular weight is 228 g/mol. The van der Waals surface area contributed by atoms with Gasteiger partial charge in [0.1, 0.15) is 4.92 Å². The molecular formula is C9H12N2O5. The van der Waals surface area contributed by atoms with Gasteiger partial charge >= 0.3 is 5.88 Å². The minimum atomic E-state index is -0.722. The first-order valence-electron chi connectivity index (χ1n) is 4.74. The molecule has 1 amide bonds. The van der Waals surface area contributed by atoms with Crippen molar-refractivity contribution >= 4 is 11.8 Å². The molecule has 0 saturated heterocycles. The summed E-state index contributed by atoms with van der Waals surface area (Å²) in [6, 6.07) is 1.95. The summed E-state index contributed by atoms with van der Waals surface area (Å²) >= 11 is 0. The summed E-state index contributed by atoms with van der Waals surface area (Å²) in [5.41, 5.74) is 0. The number of carbonyl (C=O) groups is 1. The number of nitrogens with one attached hydrogen (secondary N) is 1. The van der Waals surface area contributed by atoms with Gasteiger partial charge in [-0.05, 0) is 12.5 Å². The maximum absolute atomic E-state index is 11.5. The molecule has 0 aliphatic heterocycles. The number of carbonyl (C=O) groups excluding carboxylic acids is 1. The van der Waals surface area contributed by atoms with Crippen molar-refractivity contribution in [2.24, 2.45) is 0 Å². The van der Waals surface area contributed by atoms with Gasteiger partial charge in [-0.1, -0.05) is 6.92 Å². The van der Waals surface area contributed by atoms with E-state index >= 15 is 0 Å². The zero-order valence-electron chi connectivity index (χ0n) is 8.67. The lowest BCUT2D eigenvalue weighted by Gasteiger charge is -2.12. The first-order valence-corrected chi connectivity index (χ1v) is 4.74. The van der Waals surface area contributed by atoms with Crippen LogP contribution in [0, 0.1) is 10.1 Å². The molecule has 1 aromatic heterocycles. The highest BCUT2D eigenvalue weighted by Crippen LogP contribution is 2.15. The Hall–Kier alpha value is -1.89. The Morgan fingerprint density at radius 2 is 2.38 bits per heavy atom. The van der Waals surface area contributed by atoms with Crippen molar-refractivity contribution in [3.63, 3.8) is 0 Å². The van der Waals surface area contributed by atoms with Crippen molar-refractivity contribution in [1.82, 2.24) is 5.32 Å². The molecule has 16 heavy (non-hydrogen) atoms. The van der Waals surface area contributed by atoms with Gasteiger partial charge in [-0.2, -0.15) is 0 Å². The normalized spacial score (nSPS) is 12.1. The molecule has 1 rings (SSSR count). The van der Waals surface area contributed by atoms with Gasteiger partial charge in [-0.15, -0.1) is 0 Å². The molecule has 1 unspecified atom stereocenters. The standard InChI is InChI=1S/C9H12N2O5/c1-2-6(5-12)10-9(13)7-3-4-8(16-7)11(14)15/h3-4,6,12H,2,5H2,1H3,(H,10,13). The van der Waals surface area contributed by atoms with Gasteiger partial charge < -0.3 is 14.8 Å². The number of furan rings is 1. The third-order valence-corrected chi connectivity index (χ3v) is 2.04. The number of hydrogen-bond donors (Lipinski definition) is 2. The van der Waals surface area contributed by atoms with Crippen LogP contribution in [0.2, 0.25) is 0 Å². The zero-order chi connectivity index (χ0) is 12.1. The van der Waals surface area contributed by atoms with E-state index in [2.05, 4.69) is 5.32 Å². The first-order chi connectivity index (χ1) is 7.58. The van der Waals surface area contributed by atoms with E-state index in [1.807, 2.05) is 0 Å². The number of nitro groups is 1.